The molecule has 1 heterocycles. The van der Waals surface area contributed by atoms with Crippen LogP contribution >= 0.6 is 0 Å². The summed E-state index contributed by atoms with van der Waals surface area (Å²) in [5, 5.41) is 13.9. The van der Waals surface area contributed by atoms with Crippen molar-refractivity contribution < 1.29 is 28.6 Å². The fourth-order valence-corrected chi connectivity index (χ4v) is 2.62. The lowest BCUT2D eigenvalue weighted by Gasteiger charge is -2.32. The predicted octanol–water partition coefficient (Wildman–Crippen LogP) is 1.43. The van der Waals surface area contributed by atoms with Gasteiger partial charge in [-0.3, -0.25) is 19.7 Å². The number of ether oxygens (including phenoxy) is 1. The first-order chi connectivity index (χ1) is 12.9. The number of nitrogens with one attached hydrogen (secondary N) is 1. The second-order valence-corrected chi connectivity index (χ2v) is 7.79. The second-order valence-electron chi connectivity index (χ2n) is 7.79. The zero-order valence-corrected chi connectivity index (χ0v) is 16.9. The van der Waals surface area contributed by atoms with Gasteiger partial charge < -0.3 is 19.4 Å². The number of carbonyl (C=O) groups excluding carboxylic acids is 2. The van der Waals surface area contributed by atoms with Crippen molar-refractivity contribution in [3.63, 3.8) is 0 Å². The smallest absolute Gasteiger partial charge is 0.469 e. The molecule has 1 saturated heterocycles. The van der Waals surface area contributed by atoms with Gasteiger partial charge in [-0.25, -0.2) is 0 Å². The van der Waals surface area contributed by atoms with Crippen molar-refractivity contribution in [3.8, 4) is 0 Å². The summed E-state index contributed by atoms with van der Waals surface area (Å²) in [5.74, 6) is -1.55. The average Bonchev–Trinajstić information content (AvgIpc) is 2.85. The van der Waals surface area contributed by atoms with Gasteiger partial charge in [0.05, 0.1) is 29.2 Å². The minimum Gasteiger partial charge on any atom is -0.469 e. The van der Waals surface area contributed by atoms with Gasteiger partial charge in [-0.1, -0.05) is 6.92 Å². The topological polar surface area (TPSA) is 117 Å². The van der Waals surface area contributed by atoms with Crippen molar-refractivity contribution in [2.45, 2.75) is 45.8 Å². The molecule has 1 atom stereocenters. The monoisotopic (exact) mass is 392 g/mol. The molecule has 1 aromatic rings. The maximum Gasteiger partial charge on any atom is 0.495 e. The summed E-state index contributed by atoms with van der Waals surface area (Å²) < 4.78 is 16.5. The molecule has 1 fully saturated rings. The van der Waals surface area contributed by atoms with Crippen LogP contribution < -0.4 is 10.8 Å². The highest BCUT2D eigenvalue weighted by molar-refractivity contribution is 6.62. The third kappa shape index (κ3) is 4.50. The molecule has 0 bridgehead atoms. The molecule has 28 heavy (non-hydrogen) atoms. The van der Waals surface area contributed by atoms with E-state index in [-0.39, 0.29) is 17.8 Å². The Labute approximate surface area is 164 Å². The first-order valence-electron chi connectivity index (χ1n) is 8.89. The molecular weight excluding hydrogens is 367 g/mol. The summed E-state index contributed by atoms with van der Waals surface area (Å²) >= 11 is 0. The van der Waals surface area contributed by atoms with Crippen LogP contribution in [0.4, 0.5) is 5.69 Å². The lowest BCUT2D eigenvalue weighted by molar-refractivity contribution is -0.384. The molecule has 2 rings (SSSR count). The van der Waals surface area contributed by atoms with E-state index in [1.165, 1.54) is 25.3 Å². The maximum absolute atomic E-state index is 12.5. The summed E-state index contributed by atoms with van der Waals surface area (Å²) in [6, 6.07) is 4.00. The maximum atomic E-state index is 12.5. The zero-order chi connectivity index (χ0) is 21.3. The van der Waals surface area contributed by atoms with E-state index in [0.29, 0.717) is 5.46 Å². The van der Waals surface area contributed by atoms with Gasteiger partial charge >= 0.3 is 13.1 Å². The molecule has 0 radical (unpaired) electrons. The van der Waals surface area contributed by atoms with E-state index in [9.17, 15) is 19.7 Å². The lowest BCUT2D eigenvalue weighted by Crippen LogP contribution is -2.41. The number of rotatable bonds is 6. The van der Waals surface area contributed by atoms with Gasteiger partial charge in [0, 0.05) is 24.2 Å². The number of nitrogens with zero attached hydrogens (tertiary/aromatic N) is 1. The molecule has 1 aromatic carbocycles. The van der Waals surface area contributed by atoms with Gasteiger partial charge in [0.15, 0.2) is 0 Å². The number of nitro groups is 1. The van der Waals surface area contributed by atoms with Crippen LogP contribution in [0.1, 0.15) is 45.0 Å². The highest BCUT2D eigenvalue weighted by Gasteiger charge is 2.52. The minimum atomic E-state index is -0.842. The van der Waals surface area contributed by atoms with E-state index in [2.05, 4.69) is 10.1 Å². The SMILES string of the molecule is COC(=O)C(C)CNC(=O)c1cc(B2OC(C)(C)C(C)(C)O2)cc([N+](=O)[O-])c1. The van der Waals surface area contributed by atoms with Gasteiger partial charge in [0.1, 0.15) is 0 Å². The summed E-state index contributed by atoms with van der Waals surface area (Å²) in [6.07, 6.45) is 0. The Morgan fingerprint density at radius 3 is 2.29 bits per heavy atom. The fraction of sp³-hybridized carbons (Fsp3) is 0.556. The largest absolute Gasteiger partial charge is 0.495 e. The Hall–Kier alpha value is -2.46. The van der Waals surface area contributed by atoms with Crippen molar-refractivity contribution in [1.29, 1.82) is 0 Å². The van der Waals surface area contributed by atoms with Crippen molar-refractivity contribution in [2.24, 2.45) is 5.92 Å². The number of carbonyl (C=O) groups is 2. The fourth-order valence-electron chi connectivity index (χ4n) is 2.62. The molecule has 1 aliphatic rings. The summed E-state index contributed by atoms with van der Waals surface area (Å²) in [6.45, 7) is 9.12. The Kier molecular flexibility index (Phi) is 6.15. The molecule has 0 aromatic heterocycles. The molecule has 9 nitrogen and oxygen atoms in total. The third-order valence-electron chi connectivity index (χ3n) is 5.11. The van der Waals surface area contributed by atoms with Gasteiger partial charge in [-0.05, 0) is 39.2 Å². The number of nitro benzene ring substituents is 1. The van der Waals surface area contributed by atoms with Crippen LogP contribution in [0.25, 0.3) is 0 Å². The predicted molar refractivity (Wildman–Crippen MR) is 102 cm³/mol. The summed E-state index contributed by atoms with van der Waals surface area (Å²) in [4.78, 5) is 34.7. The molecule has 1 aliphatic heterocycles. The Balaban J connectivity index is 2.28. The lowest BCUT2D eigenvalue weighted by atomic mass is 9.78. The molecule has 0 aliphatic carbocycles. The van der Waals surface area contributed by atoms with Gasteiger partial charge in [0.25, 0.3) is 11.6 Å². The molecular formula is C18H25BN2O7. The molecule has 1 amide bonds. The van der Waals surface area contributed by atoms with Crippen LogP contribution in [0.5, 0.6) is 0 Å². The van der Waals surface area contributed by atoms with Crippen molar-refractivity contribution >= 4 is 30.1 Å². The molecule has 1 N–H and O–H groups in total. The number of methoxy groups -OCH3 is 1. The van der Waals surface area contributed by atoms with Crippen molar-refractivity contribution in [2.75, 3.05) is 13.7 Å². The number of amides is 1. The van der Waals surface area contributed by atoms with Crippen molar-refractivity contribution in [1.82, 2.24) is 5.32 Å². The zero-order valence-electron chi connectivity index (χ0n) is 16.9. The second kappa shape index (κ2) is 7.88. The van der Waals surface area contributed by atoms with Crippen molar-refractivity contribution in [3.05, 3.63) is 33.9 Å². The Bertz CT molecular complexity index is 778. The molecule has 0 spiro atoms. The number of esters is 1. The normalized spacial score (nSPS) is 18.4. The van der Waals surface area contributed by atoms with E-state index in [0.717, 1.165) is 0 Å². The van der Waals surface area contributed by atoms with E-state index >= 15 is 0 Å². The Morgan fingerprint density at radius 1 is 1.21 bits per heavy atom. The minimum absolute atomic E-state index is 0.0417. The average molecular weight is 392 g/mol. The Morgan fingerprint density at radius 2 is 1.79 bits per heavy atom. The van der Waals surface area contributed by atoms with E-state index in [4.69, 9.17) is 9.31 Å². The van der Waals surface area contributed by atoms with Crippen LogP contribution in [-0.4, -0.2) is 48.8 Å². The van der Waals surface area contributed by atoms with Crippen LogP contribution in [-0.2, 0) is 18.8 Å². The number of hydrogen-bond acceptors (Lipinski definition) is 7. The van der Waals surface area contributed by atoms with Gasteiger partial charge in [-0.15, -0.1) is 0 Å². The highest BCUT2D eigenvalue weighted by atomic mass is 16.7. The van der Waals surface area contributed by atoms with Crippen LogP contribution in [0.2, 0.25) is 0 Å². The molecule has 0 saturated carbocycles. The molecule has 152 valence electrons. The van der Waals surface area contributed by atoms with E-state index < -0.39 is 41.0 Å². The van der Waals surface area contributed by atoms with Gasteiger partial charge in [0.2, 0.25) is 0 Å². The summed E-state index contributed by atoms with van der Waals surface area (Å²) in [5.41, 5.74) is -1.05. The molecule has 1 unspecified atom stereocenters. The van der Waals surface area contributed by atoms with Crippen LogP contribution in [0.3, 0.4) is 0 Å². The summed E-state index contributed by atoms with van der Waals surface area (Å²) in [7, 11) is 0.420. The first kappa shape index (κ1) is 21.8. The quantitative estimate of drug-likeness (QED) is 0.337. The number of hydrogen-bond donors (Lipinski definition) is 1. The van der Waals surface area contributed by atoms with Crippen LogP contribution in [0.15, 0.2) is 18.2 Å². The van der Waals surface area contributed by atoms with Gasteiger partial charge in [-0.2, -0.15) is 0 Å². The highest BCUT2D eigenvalue weighted by Crippen LogP contribution is 2.36. The molecule has 10 heteroatoms. The van der Waals surface area contributed by atoms with Crippen LogP contribution in [0, 0.1) is 16.0 Å². The standard InChI is InChI=1S/C18H25BN2O7/c1-11(16(23)26-6)10-20-15(22)12-7-13(9-14(8-12)21(24)25)19-27-17(2,3)18(4,5)28-19/h7-9,11H,10H2,1-6H3,(H,20,22). The first-order valence-corrected chi connectivity index (χ1v) is 8.89. The third-order valence-corrected chi connectivity index (χ3v) is 5.11. The van der Waals surface area contributed by atoms with E-state index in [1.807, 2.05) is 27.7 Å². The van der Waals surface area contributed by atoms with E-state index in [1.54, 1.807) is 6.92 Å². The number of non-ortho nitro benzene ring substituents is 1. The number of benzene rings is 1.